The van der Waals surface area contributed by atoms with E-state index < -0.39 is 18.0 Å². The fourth-order valence-electron chi connectivity index (χ4n) is 5.15. The minimum atomic E-state index is -0.857. The van der Waals surface area contributed by atoms with Gasteiger partial charge >= 0.3 is 11.9 Å². The average molecular weight is 614 g/mol. The van der Waals surface area contributed by atoms with E-state index in [2.05, 4.69) is 15.6 Å². The molecule has 5 rings (SSSR count). The first-order valence-electron chi connectivity index (χ1n) is 14.0. The molecule has 0 N–H and O–H groups in total. The summed E-state index contributed by atoms with van der Waals surface area (Å²) in [4.78, 5) is 44.3. The van der Waals surface area contributed by atoms with Gasteiger partial charge in [0.2, 0.25) is 0 Å². The molecule has 226 valence electrons. The molecule has 44 heavy (non-hydrogen) atoms. The number of benzene rings is 2. The summed E-state index contributed by atoms with van der Waals surface area (Å²) in [6, 6.07) is 12.0. The summed E-state index contributed by atoms with van der Waals surface area (Å²) >= 11 is 1.23. The van der Waals surface area contributed by atoms with E-state index in [1.165, 1.54) is 23.0 Å². The fourth-order valence-corrected chi connectivity index (χ4v) is 6.18. The molecule has 0 fully saturated rings. The summed E-state index contributed by atoms with van der Waals surface area (Å²) in [7, 11) is 1.27. The Labute approximate surface area is 257 Å². The van der Waals surface area contributed by atoms with Gasteiger partial charge in [0, 0.05) is 22.7 Å². The van der Waals surface area contributed by atoms with Crippen LogP contribution in [-0.2, 0) is 25.6 Å². The number of terminal acetylenes is 1. The number of aromatic nitrogens is 2. The summed E-state index contributed by atoms with van der Waals surface area (Å²) in [5.41, 5.74) is 2.74. The zero-order chi connectivity index (χ0) is 31.4. The molecule has 11 heteroatoms. The largest absolute Gasteiger partial charge is 0.490 e. The second-order valence-electron chi connectivity index (χ2n) is 9.74. The third-order valence-corrected chi connectivity index (χ3v) is 8.02. The van der Waals surface area contributed by atoms with Crippen LogP contribution in [0, 0.1) is 12.3 Å². The lowest BCUT2D eigenvalue weighted by molar-refractivity contribution is -0.143. The van der Waals surface area contributed by atoms with Crippen LogP contribution in [0.4, 0.5) is 0 Å². The van der Waals surface area contributed by atoms with Crippen LogP contribution in [0.25, 0.3) is 17.0 Å². The number of hydrogen-bond donors (Lipinski definition) is 0. The number of ether oxygens (including phenoxy) is 4. The first-order chi connectivity index (χ1) is 21.3. The zero-order valence-electron chi connectivity index (χ0n) is 24.8. The van der Waals surface area contributed by atoms with Gasteiger partial charge in [-0.25, -0.2) is 14.6 Å². The van der Waals surface area contributed by atoms with Crippen LogP contribution in [0.3, 0.4) is 0 Å². The van der Waals surface area contributed by atoms with Crippen LogP contribution in [0.5, 0.6) is 11.5 Å². The smallest absolute Gasteiger partial charge is 0.343 e. The number of allylic oxidation sites excluding steroid dienone is 1. The van der Waals surface area contributed by atoms with Gasteiger partial charge in [-0.1, -0.05) is 41.5 Å². The summed E-state index contributed by atoms with van der Waals surface area (Å²) in [6.45, 7) is 5.80. The van der Waals surface area contributed by atoms with Gasteiger partial charge in [0.25, 0.3) is 5.56 Å². The minimum absolute atomic E-state index is 0.152. The first-order valence-corrected chi connectivity index (χ1v) is 14.8. The number of rotatable bonds is 10. The Balaban J connectivity index is 1.69. The molecule has 0 spiro atoms. The highest BCUT2D eigenvalue weighted by Gasteiger charge is 2.34. The topological polar surface area (TPSA) is 110 Å². The molecular formula is C33H31N3O7S. The highest BCUT2D eigenvalue weighted by molar-refractivity contribution is 7.07. The van der Waals surface area contributed by atoms with Gasteiger partial charge in [0.15, 0.2) is 22.9 Å². The molecular weight excluding hydrogens is 582 g/mol. The van der Waals surface area contributed by atoms with Gasteiger partial charge < -0.3 is 23.5 Å². The zero-order valence-corrected chi connectivity index (χ0v) is 25.6. The summed E-state index contributed by atoms with van der Waals surface area (Å²) in [5, 5.41) is 0.956. The van der Waals surface area contributed by atoms with Gasteiger partial charge in [0.1, 0.15) is 0 Å². The summed E-state index contributed by atoms with van der Waals surface area (Å²) in [6.07, 6.45) is 9.35. The molecule has 1 atom stereocenters. The number of methoxy groups -OCH3 is 1. The maximum atomic E-state index is 14.2. The quantitative estimate of drug-likeness (QED) is 0.199. The lowest BCUT2D eigenvalue weighted by Gasteiger charge is -2.25. The Bertz CT molecular complexity index is 2010. The Morgan fingerprint density at radius 3 is 2.64 bits per heavy atom. The molecule has 0 saturated heterocycles. The van der Waals surface area contributed by atoms with Crippen LogP contribution >= 0.6 is 11.3 Å². The van der Waals surface area contributed by atoms with Gasteiger partial charge in [-0.2, -0.15) is 0 Å². The van der Waals surface area contributed by atoms with Crippen molar-refractivity contribution < 1.29 is 28.5 Å². The first kappa shape index (κ1) is 30.4. The van der Waals surface area contributed by atoms with Gasteiger partial charge in [-0.15, -0.1) is 6.42 Å². The molecule has 0 unspecified atom stereocenters. The molecule has 10 nitrogen and oxygen atoms in total. The predicted octanol–water partition coefficient (Wildman–Crippen LogP) is 3.34. The van der Waals surface area contributed by atoms with E-state index in [4.69, 9.17) is 20.6 Å². The normalized spacial score (nSPS) is 14.5. The van der Waals surface area contributed by atoms with Crippen molar-refractivity contribution in [3.63, 3.8) is 0 Å². The van der Waals surface area contributed by atoms with Crippen LogP contribution in [-0.4, -0.2) is 48.0 Å². The molecule has 3 heterocycles. The SMILES string of the molecule is C#CCn1cc(/C=c2/sc3n(c2=O)[C@H](c2ccc(OCC(=O)OC)c(OCC)c2)C(C(=O)OCC)=C(C)N=3)c2ccccc21. The van der Waals surface area contributed by atoms with E-state index in [1.54, 1.807) is 32.0 Å². The lowest BCUT2D eigenvalue weighted by atomic mass is 9.95. The Morgan fingerprint density at radius 1 is 1.11 bits per heavy atom. The van der Waals surface area contributed by atoms with E-state index >= 15 is 0 Å². The van der Waals surface area contributed by atoms with Gasteiger partial charge in [-0.05, 0) is 50.6 Å². The van der Waals surface area contributed by atoms with Crippen LogP contribution < -0.4 is 24.4 Å². The third-order valence-electron chi connectivity index (χ3n) is 7.04. The number of carbonyl (C=O) groups excluding carboxylic acids is 2. The molecule has 1 aliphatic heterocycles. The maximum absolute atomic E-state index is 14.2. The van der Waals surface area contributed by atoms with Crippen LogP contribution in [0.1, 0.15) is 37.9 Å². The molecule has 0 amide bonds. The van der Waals surface area contributed by atoms with Crippen molar-refractivity contribution >= 4 is 40.3 Å². The van der Waals surface area contributed by atoms with E-state index in [9.17, 15) is 14.4 Å². The van der Waals surface area contributed by atoms with Crippen molar-refractivity contribution in [3.8, 4) is 23.8 Å². The molecule has 2 aromatic carbocycles. The molecule has 0 aliphatic carbocycles. The fraction of sp³-hybridized carbons (Fsp3) is 0.273. The number of nitrogens with zero attached hydrogens (tertiary/aromatic N) is 3. The minimum Gasteiger partial charge on any atom is -0.490 e. The van der Waals surface area contributed by atoms with Crippen molar-refractivity contribution in [3.05, 3.63) is 90.7 Å². The third kappa shape index (κ3) is 5.76. The average Bonchev–Trinajstić information content (AvgIpc) is 3.52. The van der Waals surface area contributed by atoms with Gasteiger partial charge in [0.05, 0.1) is 48.7 Å². The molecule has 0 bridgehead atoms. The molecule has 4 aromatic rings. The number of esters is 2. The predicted molar refractivity (Wildman–Crippen MR) is 166 cm³/mol. The number of carbonyl (C=O) groups is 2. The molecule has 0 radical (unpaired) electrons. The van der Waals surface area contributed by atoms with E-state index in [0.29, 0.717) is 45.2 Å². The monoisotopic (exact) mass is 613 g/mol. The Morgan fingerprint density at radius 2 is 1.91 bits per heavy atom. The highest BCUT2D eigenvalue weighted by Crippen LogP contribution is 2.36. The van der Waals surface area contributed by atoms with E-state index in [1.807, 2.05) is 48.0 Å². The Kier molecular flexibility index (Phi) is 9.01. The van der Waals surface area contributed by atoms with Crippen molar-refractivity contribution in [1.82, 2.24) is 9.13 Å². The number of fused-ring (bicyclic) bond motifs is 2. The maximum Gasteiger partial charge on any atom is 0.343 e. The Hall–Kier alpha value is -5.08. The van der Waals surface area contributed by atoms with Crippen molar-refractivity contribution in [2.75, 3.05) is 26.9 Å². The van der Waals surface area contributed by atoms with E-state index in [0.717, 1.165) is 16.5 Å². The summed E-state index contributed by atoms with van der Waals surface area (Å²) < 4.78 is 25.5. The molecule has 1 aliphatic rings. The summed E-state index contributed by atoms with van der Waals surface area (Å²) in [5.74, 6) is 2.21. The second kappa shape index (κ2) is 13.1. The molecule has 0 saturated carbocycles. The van der Waals surface area contributed by atoms with Crippen molar-refractivity contribution in [1.29, 1.82) is 0 Å². The van der Waals surface area contributed by atoms with Crippen LogP contribution in [0.15, 0.2) is 69.7 Å². The number of para-hydroxylation sites is 1. The van der Waals surface area contributed by atoms with Crippen LogP contribution in [0.2, 0.25) is 0 Å². The van der Waals surface area contributed by atoms with Crippen molar-refractivity contribution in [2.45, 2.75) is 33.4 Å². The van der Waals surface area contributed by atoms with E-state index in [-0.39, 0.29) is 24.3 Å². The lowest BCUT2D eigenvalue weighted by Crippen LogP contribution is -2.40. The second-order valence-corrected chi connectivity index (χ2v) is 10.7. The standard InChI is InChI=1S/C33H31N3O7S/c1-6-15-35-18-22(23-11-9-10-12-24(23)35)17-27-31(38)36-30(29(32(39)42-8-3)20(4)34-33(36)44-27)21-13-14-25(26(16-21)41-7-2)43-19-28(37)40-5/h1,9-14,16-18,30H,7-8,15,19H2,2-5H3/b27-17+/t30-/m1/s1. The highest BCUT2D eigenvalue weighted by atomic mass is 32.1. The number of hydrogen-bond acceptors (Lipinski definition) is 9. The van der Waals surface area contributed by atoms with Gasteiger partial charge in [-0.3, -0.25) is 9.36 Å². The van der Waals surface area contributed by atoms with Crippen molar-refractivity contribution in [2.24, 2.45) is 4.99 Å². The number of thiazole rings is 1. The molecule has 2 aromatic heterocycles.